The summed E-state index contributed by atoms with van der Waals surface area (Å²) < 4.78 is 10.9. The van der Waals surface area contributed by atoms with Gasteiger partial charge in [-0.25, -0.2) is 4.98 Å². The van der Waals surface area contributed by atoms with Crippen molar-refractivity contribution in [2.45, 2.75) is 50.6 Å². The quantitative estimate of drug-likeness (QED) is 0.759. The van der Waals surface area contributed by atoms with E-state index in [0.29, 0.717) is 11.8 Å². The fraction of sp³-hybridized carbons (Fsp3) is 0.500. The number of carbonyl (C=O) groups excluding carboxylic acids is 1. The fourth-order valence-electron chi connectivity index (χ4n) is 3.65. The van der Waals surface area contributed by atoms with E-state index in [2.05, 4.69) is 19.9 Å². The Morgan fingerprint density at radius 3 is 2.85 bits per heavy atom. The van der Waals surface area contributed by atoms with E-state index < -0.39 is 0 Å². The second kappa shape index (κ2) is 7.35. The molecule has 0 spiro atoms. The Morgan fingerprint density at radius 2 is 2.08 bits per heavy atom. The van der Waals surface area contributed by atoms with Gasteiger partial charge < -0.3 is 14.4 Å². The number of likely N-dealkylation sites (tertiary alicyclic amines) is 1. The molecule has 1 amide bonds. The van der Waals surface area contributed by atoms with Crippen LogP contribution in [0.25, 0.3) is 10.9 Å². The van der Waals surface area contributed by atoms with E-state index in [-0.39, 0.29) is 12.7 Å². The van der Waals surface area contributed by atoms with Crippen LogP contribution in [0.5, 0.6) is 11.5 Å². The number of aryl methyl sites for hydroxylation is 1. The van der Waals surface area contributed by atoms with Crippen LogP contribution in [0.15, 0.2) is 23.2 Å². The summed E-state index contributed by atoms with van der Waals surface area (Å²) in [6.45, 7) is 5.41. The summed E-state index contributed by atoms with van der Waals surface area (Å²) in [4.78, 5) is 19.5. The average Bonchev–Trinajstić information content (AvgIpc) is 3.11. The van der Waals surface area contributed by atoms with Gasteiger partial charge in [-0.2, -0.15) is 0 Å². The molecule has 0 saturated carbocycles. The van der Waals surface area contributed by atoms with Crippen molar-refractivity contribution in [2.24, 2.45) is 0 Å². The zero-order chi connectivity index (χ0) is 18.1. The van der Waals surface area contributed by atoms with Gasteiger partial charge in [-0.15, -0.1) is 0 Å². The van der Waals surface area contributed by atoms with Crippen molar-refractivity contribution in [1.82, 2.24) is 9.88 Å². The number of nitrogens with zero attached hydrogens (tertiary/aromatic N) is 2. The number of hydrogen-bond donors (Lipinski definition) is 0. The molecule has 0 unspecified atom stereocenters. The lowest BCUT2D eigenvalue weighted by atomic mass is 10.0. The van der Waals surface area contributed by atoms with Crippen LogP contribution in [0.1, 0.15) is 38.7 Å². The van der Waals surface area contributed by atoms with Crippen LogP contribution in [0.3, 0.4) is 0 Å². The molecule has 6 heteroatoms. The van der Waals surface area contributed by atoms with Crippen LogP contribution in [0, 0.1) is 0 Å². The molecule has 2 aliphatic heterocycles. The Hall–Kier alpha value is -1.95. The molecule has 4 rings (SSSR count). The van der Waals surface area contributed by atoms with Gasteiger partial charge in [-0.1, -0.05) is 18.7 Å². The van der Waals surface area contributed by atoms with Crippen LogP contribution >= 0.6 is 11.8 Å². The first-order chi connectivity index (χ1) is 12.7. The van der Waals surface area contributed by atoms with Crippen molar-refractivity contribution in [2.75, 3.05) is 19.1 Å². The molecular formula is C20H24N2O3S. The van der Waals surface area contributed by atoms with Crippen LogP contribution in [0.2, 0.25) is 0 Å². The minimum atomic E-state index is 0.219. The normalized spacial score (nSPS) is 19.2. The minimum absolute atomic E-state index is 0.219. The number of aromatic nitrogens is 1. The molecule has 0 aliphatic carbocycles. The van der Waals surface area contributed by atoms with Gasteiger partial charge in [0.2, 0.25) is 12.7 Å². The number of rotatable bonds is 4. The minimum Gasteiger partial charge on any atom is -0.454 e. The van der Waals surface area contributed by atoms with E-state index >= 15 is 0 Å². The molecule has 5 nitrogen and oxygen atoms in total. The van der Waals surface area contributed by atoms with Gasteiger partial charge in [0, 0.05) is 24.0 Å². The molecule has 2 aliphatic rings. The smallest absolute Gasteiger partial charge is 0.233 e. The molecular weight excluding hydrogens is 348 g/mol. The van der Waals surface area contributed by atoms with Crippen LogP contribution in [0.4, 0.5) is 0 Å². The molecule has 1 aromatic carbocycles. The number of piperidine rings is 1. The van der Waals surface area contributed by atoms with E-state index in [1.54, 1.807) is 11.8 Å². The molecule has 1 atom stereocenters. The van der Waals surface area contributed by atoms with Crippen molar-refractivity contribution in [1.29, 1.82) is 0 Å². The Bertz CT molecular complexity index is 839. The van der Waals surface area contributed by atoms with E-state index in [1.165, 1.54) is 12.0 Å². The van der Waals surface area contributed by atoms with E-state index in [0.717, 1.165) is 53.2 Å². The SMILES string of the molecule is CCc1cc2cc3c(cc2nc1SCC(=O)N1CCCC[C@@H]1C)OCO3. The van der Waals surface area contributed by atoms with Gasteiger partial charge >= 0.3 is 0 Å². The number of pyridine rings is 1. The number of ether oxygens (including phenoxy) is 2. The summed E-state index contributed by atoms with van der Waals surface area (Å²) >= 11 is 1.55. The topological polar surface area (TPSA) is 51.7 Å². The van der Waals surface area contributed by atoms with Crippen LogP contribution < -0.4 is 9.47 Å². The number of thioether (sulfide) groups is 1. The summed E-state index contributed by atoms with van der Waals surface area (Å²) in [5.41, 5.74) is 2.05. The van der Waals surface area contributed by atoms with E-state index in [9.17, 15) is 4.79 Å². The standard InChI is InChI=1S/C20H24N2O3S/c1-3-14-8-15-9-17-18(25-12-24-17)10-16(15)21-20(14)26-11-19(23)22-7-5-4-6-13(22)2/h8-10,13H,3-7,11-12H2,1-2H3/t13-/m0/s1. The van der Waals surface area contributed by atoms with Crippen LogP contribution in [-0.4, -0.2) is 40.9 Å². The highest BCUT2D eigenvalue weighted by Gasteiger charge is 2.23. The highest BCUT2D eigenvalue weighted by Crippen LogP contribution is 2.37. The molecule has 26 heavy (non-hydrogen) atoms. The molecule has 0 radical (unpaired) electrons. The van der Waals surface area contributed by atoms with Crippen molar-refractivity contribution in [3.8, 4) is 11.5 Å². The predicted octanol–water partition coefficient (Wildman–Crippen LogP) is 4.02. The zero-order valence-corrected chi connectivity index (χ0v) is 16.1. The van der Waals surface area contributed by atoms with Crippen molar-refractivity contribution >= 4 is 28.6 Å². The van der Waals surface area contributed by atoms with E-state index in [4.69, 9.17) is 14.5 Å². The van der Waals surface area contributed by atoms with Crippen LogP contribution in [-0.2, 0) is 11.2 Å². The first-order valence-corrected chi connectivity index (χ1v) is 10.3. The maximum Gasteiger partial charge on any atom is 0.233 e. The molecule has 1 fully saturated rings. The first kappa shape index (κ1) is 17.5. The highest BCUT2D eigenvalue weighted by atomic mass is 32.2. The lowest BCUT2D eigenvalue weighted by Gasteiger charge is -2.33. The molecule has 0 N–H and O–H groups in total. The number of benzene rings is 1. The highest BCUT2D eigenvalue weighted by molar-refractivity contribution is 7.99. The van der Waals surface area contributed by atoms with Gasteiger partial charge in [0.1, 0.15) is 5.03 Å². The summed E-state index contributed by atoms with van der Waals surface area (Å²) in [6, 6.07) is 6.42. The summed E-state index contributed by atoms with van der Waals surface area (Å²) in [5.74, 6) is 2.18. The Morgan fingerprint density at radius 1 is 1.27 bits per heavy atom. The molecule has 3 heterocycles. The van der Waals surface area contributed by atoms with Crippen molar-refractivity contribution in [3.05, 3.63) is 23.8 Å². The lowest BCUT2D eigenvalue weighted by Crippen LogP contribution is -2.42. The first-order valence-electron chi connectivity index (χ1n) is 9.31. The Kier molecular flexibility index (Phi) is 4.94. The third-order valence-electron chi connectivity index (χ3n) is 5.18. The molecule has 2 aromatic rings. The zero-order valence-electron chi connectivity index (χ0n) is 15.3. The Balaban J connectivity index is 1.55. The summed E-state index contributed by atoms with van der Waals surface area (Å²) in [5, 5.41) is 1.99. The second-order valence-electron chi connectivity index (χ2n) is 6.92. The van der Waals surface area contributed by atoms with Crippen molar-refractivity contribution in [3.63, 3.8) is 0 Å². The molecule has 0 bridgehead atoms. The summed E-state index contributed by atoms with van der Waals surface area (Å²) in [6.07, 6.45) is 4.33. The van der Waals surface area contributed by atoms with Gasteiger partial charge in [0.25, 0.3) is 0 Å². The Labute approximate surface area is 158 Å². The van der Waals surface area contributed by atoms with Gasteiger partial charge in [0.15, 0.2) is 11.5 Å². The third-order valence-corrected chi connectivity index (χ3v) is 6.20. The van der Waals surface area contributed by atoms with Gasteiger partial charge in [-0.05, 0) is 50.3 Å². The number of carbonyl (C=O) groups is 1. The summed E-state index contributed by atoms with van der Waals surface area (Å²) in [7, 11) is 0. The number of fused-ring (bicyclic) bond motifs is 2. The van der Waals surface area contributed by atoms with E-state index in [1.807, 2.05) is 17.0 Å². The third kappa shape index (κ3) is 3.34. The second-order valence-corrected chi connectivity index (χ2v) is 7.89. The fourth-order valence-corrected chi connectivity index (χ4v) is 4.63. The molecule has 138 valence electrons. The maximum atomic E-state index is 12.6. The number of amides is 1. The van der Waals surface area contributed by atoms with Gasteiger partial charge in [-0.3, -0.25) is 4.79 Å². The molecule has 1 aromatic heterocycles. The maximum absolute atomic E-state index is 12.6. The molecule has 1 saturated heterocycles. The lowest BCUT2D eigenvalue weighted by molar-refractivity contribution is -0.131. The van der Waals surface area contributed by atoms with Gasteiger partial charge in [0.05, 0.1) is 11.3 Å². The average molecular weight is 372 g/mol. The largest absolute Gasteiger partial charge is 0.454 e. The monoisotopic (exact) mass is 372 g/mol. The van der Waals surface area contributed by atoms with Crippen molar-refractivity contribution < 1.29 is 14.3 Å². The predicted molar refractivity (Wildman–Crippen MR) is 103 cm³/mol. The number of hydrogen-bond acceptors (Lipinski definition) is 5.